The van der Waals surface area contributed by atoms with Gasteiger partial charge in [0, 0.05) is 45.0 Å². The number of anilines is 1. The molecule has 4 heteroatoms. The molecule has 1 saturated heterocycles. The van der Waals surface area contributed by atoms with Crippen LogP contribution in [0.3, 0.4) is 0 Å². The molecule has 0 unspecified atom stereocenters. The van der Waals surface area contributed by atoms with E-state index in [-0.39, 0.29) is 0 Å². The van der Waals surface area contributed by atoms with Gasteiger partial charge in [-0.15, -0.1) is 0 Å². The molecular formula is C12H20N4. The van der Waals surface area contributed by atoms with Crippen LogP contribution in [-0.4, -0.2) is 26.2 Å². The Morgan fingerprint density at radius 1 is 1.06 bits per heavy atom. The zero-order valence-electron chi connectivity index (χ0n) is 9.58. The highest BCUT2D eigenvalue weighted by Gasteiger charge is 2.16. The molecule has 0 amide bonds. The number of hydrogen-bond acceptors (Lipinski definition) is 4. The van der Waals surface area contributed by atoms with Crippen LogP contribution in [0.2, 0.25) is 0 Å². The molecule has 0 spiro atoms. The molecule has 0 bridgehead atoms. The van der Waals surface area contributed by atoms with E-state index in [0.29, 0.717) is 13.1 Å². The first-order valence-corrected chi connectivity index (χ1v) is 5.83. The van der Waals surface area contributed by atoms with Crippen molar-refractivity contribution in [2.24, 2.45) is 11.5 Å². The van der Waals surface area contributed by atoms with Gasteiger partial charge < -0.3 is 21.7 Å². The fourth-order valence-electron chi connectivity index (χ4n) is 2.27. The highest BCUT2D eigenvalue weighted by Crippen LogP contribution is 2.25. The van der Waals surface area contributed by atoms with Gasteiger partial charge in [-0.1, -0.05) is 18.2 Å². The lowest BCUT2D eigenvalue weighted by Gasteiger charge is -2.32. The molecule has 1 heterocycles. The number of rotatable bonds is 3. The highest BCUT2D eigenvalue weighted by molar-refractivity contribution is 5.60. The minimum atomic E-state index is 0.576. The molecule has 1 aliphatic rings. The number of piperazine rings is 1. The van der Waals surface area contributed by atoms with Gasteiger partial charge in [0.1, 0.15) is 0 Å². The first kappa shape index (κ1) is 11.4. The Hall–Kier alpha value is -1.10. The summed E-state index contributed by atoms with van der Waals surface area (Å²) in [4.78, 5) is 2.39. The zero-order chi connectivity index (χ0) is 11.4. The summed E-state index contributed by atoms with van der Waals surface area (Å²) < 4.78 is 0. The maximum absolute atomic E-state index is 5.80. The van der Waals surface area contributed by atoms with Crippen molar-refractivity contribution >= 4 is 5.69 Å². The smallest absolute Gasteiger partial charge is 0.0458 e. The van der Waals surface area contributed by atoms with E-state index in [4.69, 9.17) is 11.5 Å². The second-order valence-corrected chi connectivity index (χ2v) is 4.07. The summed E-state index contributed by atoms with van der Waals surface area (Å²) in [5, 5.41) is 3.36. The highest BCUT2D eigenvalue weighted by atomic mass is 15.2. The van der Waals surface area contributed by atoms with Crippen molar-refractivity contribution in [3.05, 3.63) is 29.3 Å². The Balaban J connectivity index is 2.34. The van der Waals surface area contributed by atoms with Crippen molar-refractivity contribution in [2.45, 2.75) is 13.1 Å². The molecule has 0 atom stereocenters. The van der Waals surface area contributed by atoms with Crippen LogP contribution in [0.15, 0.2) is 18.2 Å². The molecule has 0 radical (unpaired) electrons. The van der Waals surface area contributed by atoms with Gasteiger partial charge in [0.05, 0.1) is 0 Å². The first-order valence-electron chi connectivity index (χ1n) is 5.83. The lowest BCUT2D eigenvalue weighted by atomic mass is 10.0. The summed E-state index contributed by atoms with van der Waals surface area (Å²) in [5.74, 6) is 0. The molecule has 1 aromatic rings. The summed E-state index contributed by atoms with van der Waals surface area (Å²) >= 11 is 0. The van der Waals surface area contributed by atoms with Crippen LogP contribution in [0, 0.1) is 0 Å². The third kappa shape index (κ3) is 2.19. The molecule has 16 heavy (non-hydrogen) atoms. The van der Waals surface area contributed by atoms with Crippen LogP contribution >= 0.6 is 0 Å². The third-order valence-electron chi connectivity index (χ3n) is 3.08. The van der Waals surface area contributed by atoms with E-state index in [0.717, 1.165) is 26.2 Å². The maximum Gasteiger partial charge on any atom is 0.0458 e. The quantitative estimate of drug-likeness (QED) is 0.671. The van der Waals surface area contributed by atoms with Crippen LogP contribution < -0.4 is 21.7 Å². The van der Waals surface area contributed by atoms with Gasteiger partial charge in [-0.3, -0.25) is 0 Å². The molecule has 2 rings (SSSR count). The third-order valence-corrected chi connectivity index (χ3v) is 3.08. The topological polar surface area (TPSA) is 67.3 Å². The lowest BCUT2D eigenvalue weighted by Crippen LogP contribution is -2.44. The standard InChI is InChI=1S/C12H20N4/c13-8-10-2-1-3-11(9-14)12(10)16-6-4-15-5-7-16/h1-3,15H,4-9,13-14H2. The molecular weight excluding hydrogens is 200 g/mol. The molecule has 0 saturated carbocycles. The molecule has 5 N–H and O–H groups in total. The fraction of sp³-hybridized carbons (Fsp3) is 0.500. The summed E-state index contributed by atoms with van der Waals surface area (Å²) in [7, 11) is 0. The van der Waals surface area contributed by atoms with Gasteiger partial charge >= 0.3 is 0 Å². The Morgan fingerprint density at radius 2 is 1.62 bits per heavy atom. The van der Waals surface area contributed by atoms with E-state index in [1.54, 1.807) is 0 Å². The number of benzene rings is 1. The Kier molecular flexibility index (Phi) is 3.77. The first-order chi connectivity index (χ1) is 7.86. The average molecular weight is 220 g/mol. The zero-order valence-corrected chi connectivity index (χ0v) is 9.58. The molecule has 1 fully saturated rings. The Labute approximate surface area is 96.6 Å². The number of nitrogens with one attached hydrogen (secondary N) is 1. The van der Waals surface area contributed by atoms with Crippen LogP contribution in [0.4, 0.5) is 5.69 Å². The van der Waals surface area contributed by atoms with Gasteiger partial charge in [0.25, 0.3) is 0 Å². The second kappa shape index (κ2) is 5.30. The summed E-state index contributed by atoms with van der Waals surface area (Å²) in [6, 6.07) is 6.23. The van der Waals surface area contributed by atoms with E-state index >= 15 is 0 Å². The van der Waals surface area contributed by atoms with Gasteiger partial charge in [0.15, 0.2) is 0 Å². The van der Waals surface area contributed by atoms with E-state index in [1.807, 2.05) is 6.07 Å². The lowest BCUT2D eigenvalue weighted by molar-refractivity contribution is 0.586. The monoisotopic (exact) mass is 220 g/mol. The normalized spacial score (nSPS) is 16.5. The largest absolute Gasteiger partial charge is 0.368 e. The molecule has 0 aromatic heterocycles. The van der Waals surface area contributed by atoms with Gasteiger partial charge in [-0.25, -0.2) is 0 Å². The van der Waals surface area contributed by atoms with Crippen LogP contribution in [0.25, 0.3) is 0 Å². The predicted octanol–water partition coefficient (Wildman–Crippen LogP) is 0.0136. The minimum absolute atomic E-state index is 0.576. The van der Waals surface area contributed by atoms with Crippen LogP contribution in [-0.2, 0) is 13.1 Å². The van der Waals surface area contributed by atoms with Gasteiger partial charge in [-0.2, -0.15) is 0 Å². The van der Waals surface area contributed by atoms with E-state index in [1.165, 1.54) is 16.8 Å². The molecule has 88 valence electrons. The van der Waals surface area contributed by atoms with Crippen molar-refractivity contribution in [2.75, 3.05) is 31.1 Å². The van der Waals surface area contributed by atoms with Crippen molar-refractivity contribution < 1.29 is 0 Å². The van der Waals surface area contributed by atoms with Crippen molar-refractivity contribution in [1.82, 2.24) is 5.32 Å². The van der Waals surface area contributed by atoms with Crippen molar-refractivity contribution in [3.8, 4) is 0 Å². The predicted molar refractivity (Wildman–Crippen MR) is 67.3 cm³/mol. The molecule has 1 aromatic carbocycles. The molecule has 4 nitrogen and oxygen atoms in total. The Morgan fingerprint density at radius 3 is 2.12 bits per heavy atom. The fourth-order valence-corrected chi connectivity index (χ4v) is 2.27. The number of hydrogen-bond donors (Lipinski definition) is 3. The van der Waals surface area contributed by atoms with E-state index < -0.39 is 0 Å². The summed E-state index contributed by atoms with van der Waals surface area (Å²) in [6.07, 6.45) is 0. The summed E-state index contributed by atoms with van der Waals surface area (Å²) in [6.45, 7) is 5.28. The second-order valence-electron chi connectivity index (χ2n) is 4.07. The van der Waals surface area contributed by atoms with Crippen LogP contribution in [0.5, 0.6) is 0 Å². The molecule has 1 aliphatic heterocycles. The molecule has 0 aliphatic carbocycles. The van der Waals surface area contributed by atoms with E-state index in [2.05, 4.69) is 22.3 Å². The average Bonchev–Trinajstić information content (AvgIpc) is 2.38. The van der Waals surface area contributed by atoms with E-state index in [9.17, 15) is 0 Å². The Bertz CT molecular complexity index is 323. The van der Waals surface area contributed by atoms with Crippen molar-refractivity contribution in [3.63, 3.8) is 0 Å². The minimum Gasteiger partial charge on any atom is -0.368 e. The maximum atomic E-state index is 5.80. The SMILES string of the molecule is NCc1cccc(CN)c1N1CCNCC1. The summed E-state index contributed by atoms with van der Waals surface area (Å²) in [5.41, 5.74) is 15.3. The number of nitrogens with two attached hydrogens (primary N) is 2. The number of nitrogens with zero attached hydrogens (tertiary/aromatic N) is 1. The van der Waals surface area contributed by atoms with Crippen LogP contribution in [0.1, 0.15) is 11.1 Å². The van der Waals surface area contributed by atoms with Gasteiger partial charge in [0.2, 0.25) is 0 Å². The van der Waals surface area contributed by atoms with Gasteiger partial charge in [-0.05, 0) is 11.1 Å². The van der Waals surface area contributed by atoms with Crippen molar-refractivity contribution in [1.29, 1.82) is 0 Å². The number of para-hydroxylation sites is 1.